The zero-order valence-corrected chi connectivity index (χ0v) is 11.7. The minimum Gasteiger partial charge on any atom is -0.494 e. The molecule has 5 nitrogen and oxygen atoms in total. The molecule has 1 aromatic carbocycles. The van der Waals surface area contributed by atoms with Gasteiger partial charge in [-0.15, -0.1) is 0 Å². The zero-order chi connectivity index (χ0) is 15.1. The summed E-state index contributed by atoms with van der Waals surface area (Å²) in [6, 6.07) is 8.32. The van der Waals surface area contributed by atoms with Crippen molar-refractivity contribution in [2.75, 3.05) is 25.6 Å². The number of halogens is 1. The first-order valence-electron chi connectivity index (χ1n) is 6.49. The summed E-state index contributed by atoms with van der Waals surface area (Å²) >= 11 is 0. The van der Waals surface area contributed by atoms with Crippen LogP contribution >= 0.6 is 0 Å². The summed E-state index contributed by atoms with van der Waals surface area (Å²) in [5.74, 6) is 0.290. The summed E-state index contributed by atoms with van der Waals surface area (Å²) in [4.78, 5) is 4.08. The van der Waals surface area contributed by atoms with Crippen molar-refractivity contribution in [1.29, 1.82) is 0 Å². The van der Waals surface area contributed by atoms with Gasteiger partial charge in [-0.3, -0.25) is 0 Å². The predicted octanol–water partition coefficient (Wildman–Crippen LogP) is 2.21. The van der Waals surface area contributed by atoms with Gasteiger partial charge in [-0.25, -0.2) is 9.37 Å². The molecule has 0 saturated carbocycles. The van der Waals surface area contributed by atoms with Crippen molar-refractivity contribution in [3.05, 3.63) is 47.9 Å². The van der Waals surface area contributed by atoms with Gasteiger partial charge in [-0.05, 0) is 23.8 Å². The zero-order valence-electron chi connectivity index (χ0n) is 11.7. The molecule has 6 heteroatoms. The van der Waals surface area contributed by atoms with E-state index in [0.29, 0.717) is 12.4 Å². The molecule has 1 aromatic heterocycles. The Balaban J connectivity index is 1.92. The Hall–Kier alpha value is -2.34. The van der Waals surface area contributed by atoms with Crippen molar-refractivity contribution in [3.8, 4) is 11.6 Å². The van der Waals surface area contributed by atoms with E-state index < -0.39 is 0 Å². The van der Waals surface area contributed by atoms with Crippen LogP contribution in [-0.4, -0.2) is 30.4 Å². The molecule has 0 amide bonds. The molecular weight excluding hydrogens is 275 g/mol. The summed E-state index contributed by atoms with van der Waals surface area (Å²) in [6.07, 6.45) is 1.62. The molecule has 0 atom stereocenters. The fourth-order valence-corrected chi connectivity index (χ4v) is 1.74. The maximum Gasteiger partial charge on any atom is 0.213 e. The third-order valence-corrected chi connectivity index (χ3v) is 2.79. The number of rotatable bonds is 7. The number of pyridine rings is 1. The van der Waals surface area contributed by atoms with E-state index in [2.05, 4.69) is 10.3 Å². The van der Waals surface area contributed by atoms with Gasteiger partial charge in [0.2, 0.25) is 5.88 Å². The highest BCUT2D eigenvalue weighted by Crippen LogP contribution is 2.19. The summed E-state index contributed by atoms with van der Waals surface area (Å²) in [6.45, 7) is 0.634. The van der Waals surface area contributed by atoms with Crippen LogP contribution in [0.1, 0.15) is 5.56 Å². The largest absolute Gasteiger partial charge is 0.494 e. The molecule has 0 aliphatic heterocycles. The molecule has 0 unspecified atom stereocenters. The van der Waals surface area contributed by atoms with Gasteiger partial charge in [-0.1, -0.05) is 6.07 Å². The highest BCUT2D eigenvalue weighted by Gasteiger charge is 2.03. The number of hydrogen-bond acceptors (Lipinski definition) is 5. The van der Waals surface area contributed by atoms with Crippen molar-refractivity contribution in [1.82, 2.24) is 4.98 Å². The number of methoxy groups -OCH3 is 1. The second kappa shape index (κ2) is 7.44. The minimum atomic E-state index is -0.386. The lowest BCUT2D eigenvalue weighted by Gasteiger charge is -2.09. The van der Waals surface area contributed by atoms with Gasteiger partial charge in [0.05, 0.1) is 25.6 Å². The van der Waals surface area contributed by atoms with E-state index in [1.54, 1.807) is 30.5 Å². The van der Waals surface area contributed by atoms with Gasteiger partial charge in [0.15, 0.2) is 11.6 Å². The number of aromatic nitrogens is 1. The van der Waals surface area contributed by atoms with Crippen LogP contribution in [0, 0.1) is 5.82 Å². The molecule has 2 rings (SSSR count). The molecular formula is C15H17FN2O3. The van der Waals surface area contributed by atoms with Gasteiger partial charge >= 0.3 is 0 Å². The van der Waals surface area contributed by atoms with E-state index in [1.807, 2.05) is 0 Å². The number of aliphatic hydroxyl groups is 1. The molecule has 21 heavy (non-hydrogen) atoms. The predicted molar refractivity (Wildman–Crippen MR) is 77.1 cm³/mol. The number of nitrogens with zero attached hydrogens (tertiary/aromatic N) is 1. The van der Waals surface area contributed by atoms with E-state index in [0.717, 1.165) is 11.3 Å². The van der Waals surface area contributed by atoms with Gasteiger partial charge in [-0.2, -0.15) is 0 Å². The lowest BCUT2D eigenvalue weighted by Crippen LogP contribution is -2.04. The molecule has 0 bridgehead atoms. The van der Waals surface area contributed by atoms with Gasteiger partial charge in [0.1, 0.15) is 6.61 Å². The summed E-state index contributed by atoms with van der Waals surface area (Å²) in [5, 5.41) is 11.8. The Morgan fingerprint density at radius 3 is 2.76 bits per heavy atom. The molecule has 112 valence electrons. The van der Waals surface area contributed by atoms with Crippen LogP contribution in [0.3, 0.4) is 0 Å². The molecule has 0 aliphatic rings. The Morgan fingerprint density at radius 1 is 1.29 bits per heavy atom. The third-order valence-electron chi connectivity index (χ3n) is 2.79. The number of nitrogens with one attached hydrogen (secondary N) is 1. The van der Waals surface area contributed by atoms with Gasteiger partial charge in [0, 0.05) is 12.6 Å². The van der Waals surface area contributed by atoms with Crippen LogP contribution in [0.4, 0.5) is 10.1 Å². The molecule has 0 radical (unpaired) electrons. The minimum absolute atomic E-state index is 0.0509. The molecule has 0 aliphatic carbocycles. The van der Waals surface area contributed by atoms with E-state index >= 15 is 0 Å². The second-order valence-electron chi connectivity index (χ2n) is 4.28. The lowest BCUT2D eigenvalue weighted by molar-refractivity contribution is 0.196. The molecule has 1 heterocycles. The monoisotopic (exact) mass is 292 g/mol. The molecule has 0 saturated heterocycles. The van der Waals surface area contributed by atoms with E-state index in [9.17, 15) is 4.39 Å². The average molecular weight is 292 g/mol. The SMILES string of the molecule is COc1ccc(CNc2ccc(OCCO)nc2)cc1F. The quantitative estimate of drug-likeness (QED) is 0.819. The number of ether oxygens (including phenoxy) is 2. The molecule has 2 N–H and O–H groups in total. The Morgan fingerprint density at radius 2 is 2.14 bits per heavy atom. The van der Waals surface area contributed by atoms with Crippen molar-refractivity contribution >= 4 is 5.69 Å². The van der Waals surface area contributed by atoms with Crippen LogP contribution < -0.4 is 14.8 Å². The van der Waals surface area contributed by atoms with E-state index in [4.69, 9.17) is 14.6 Å². The van der Waals surface area contributed by atoms with Crippen molar-refractivity contribution in [2.45, 2.75) is 6.54 Å². The maximum absolute atomic E-state index is 13.5. The van der Waals surface area contributed by atoms with Crippen molar-refractivity contribution in [2.24, 2.45) is 0 Å². The summed E-state index contributed by atoms with van der Waals surface area (Å²) in [5.41, 5.74) is 1.59. The van der Waals surface area contributed by atoms with Crippen LogP contribution in [0.2, 0.25) is 0 Å². The summed E-state index contributed by atoms with van der Waals surface area (Å²) < 4.78 is 23.6. The number of hydrogen-bond donors (Lipinski definition) is 2. The lowest BCUT2D eigenvalue weighted by atomic mass is 10.2. The number of anilines is 1. The number of benzene rings is 1. The van der Waals surface area contributed by atoms with Gasteiger partial charge < -0.3 is 19.9 Å². The maximum atomic E-state index is 13.5. The van der Waals surface area contributed by atoms with E-state index in [1.165, 1.54) is 13.2 Å². The highest BCUT2D eigenvalue weighted by molar-refractivity contribution is 5.43. The van der Waals surface area contributed by atoms with Gasteiger partial charge in [0.25, 0.3) is 0 Å². The first-order valence-corrected chi connectivity index (χ1v) is 6.49. The van der Waals surface area contributed by atoms with Crippen LogP contribution in [-0.2, 0) is 6.54 Å². The van der Waals surface area contributed by atoms with Crippen LogP contribution in [0.5, 0.6) is 11.6 Å². The standard InChI is InChI=1S/C15H17FN2O3/c1-20-14-4-2-11(8-13(14)16)9-17-12-3-5-15(18-10-12)21-7-6-19/h2-5,8,10,17,19H,6-7,9H2,1H3. The second-order valence-corrected chi connectivity index (χ2v) is 4.28. The molecule has 2 aromatic rings. The average Bonchev–Trinajstić information content (AvgIpc) is 2.52. The van der Waals surface area contributed by atoms with E-state index in [-0.39, 0.29) is 24.8 Å². The topological polar surface area (TPSA) is 63.6 Å². The Kier molecular flexibility index (Phi) is 5.34. The smallest absolute Gasteiger partial charge is 0.213 e. The first-order chi connectivity index (χ1) is 10.2. The van der Waals surface area contributed by atoms with Crippen LogP contribution in [0.15, 0.2) is 36.5 Å². The van der Waals surface area contributed by atoms with Crippen LogP contribution in [0.25, 0.3) is 0 Å². The number of aliphatic hydroxyl groups excluding tert-OH is 1. The fourth-order valence-electron chi connectivity index (χ4n) is 1.74. The first kappa shape index (κ1) is 15.1. The third kappa shape index (κ3) is 4.32. The van der Waals surface area contributed by atoms with Crippen molar-refractivity contribution in [3.63, 3.8) is 0 Å². The highest BCUT2D eigenvalue weighted by atomic mass is 19.1. The molecule has 0 spiro atoms. The normalized spacial score (nSPS) is 10.2. The van der Waals surface area contributed by atoms with Crippen molar-refractivity contribution < 1.29 is 19.0 Å². The molecule has 0 fully saturated rings. The Bertz CT molecular complexity index is 576. The fraction of sp³-hybridized carbons (Fsp3) is 0.267. The Labute approximate surface area is 122 Å². The summed E-state index contributed by atoms with van der Waals surface area (Å²) in [7, 11) is 1.43.